The number of rotatable bonds is 5. The number of hydrogen-bond donors (Lipinski definition) is 1. The molecule has 4 nitrogen and oxygen atoms in total. The minimum atomic E-state index is 0.241. The zero-order valence-electron chi connectivity index (χ0n) is 12.6. The normalized spacial score (nSPS) is 27.7. The van der Waals surface area contributed by atoms with Crippen LogP contribution >= 0.6 is 0 Å². The molecule has 1 saturated carbocycles. The molecule has 1 aromatic rings. The molecule has 2 N–H and O–H groups in total. The van der Waals surface area contributed by atoms with Gasteiger partial charge in [-0.3, -0.25) is 0 Å². The van der Waals surface area contributed by atoms with Crippen molar-refractivity contribution in [3.8, 4) is 0 Å². The maximum Gasteiger partial charge on any atom is 0.150 e. The van der Waals surface area contributed by atoms with E-state index in [1.165, 1.54) is 25.7 Å². The van der Waals surface area contributed by atoms with Gasteiger partial charge in [0, 0.05) is 18.9 Å². The number of nitrogens with two attached hydrogens (primary N) is 1. The molecule has 1 aromatic heterocycles. The van der Waals surface area contributed by atoms with Crippen molar-refractivity contribution in [2.75, 3.05) is 0 Å². The van der Waals surface area contributed by atoms with E-state index in [1.807, 2.05) is 0 Å². The molecule has 4 heteroatoms. The quantitative estimate of drug-likeness (QED) is 0.889. The molecule has 1 aliphatic carbocycles. The number of aromatic nitrogens is 3. The lowest BCUT2D eigenvalue weighted by molar-refractivity contribution is 0.208. The molecule has 1 fully saturated rings. The molecular formula is C15H28N4. The maximum atomic E-state index is 6.36. The van der Waals surface area contributed by atoms with E-state index in [1.54, 1.807) is 0 Å². The van der Waals surface area contributed by atoms with E-state index in [0.29, 0.717) is 6.04 Å². The Balaban J connectivity index is 2.20. The van der Waals surface area contributed by atoms with Gasteiger partial charge in [-0.15, -0.1) is 0 Å². The second-order valence-electron chi connectivity index (χ2n) is 5.79. The van der Waals surface area contributed by atoms with Gasteiger partial charge in [-0.2, -0.15) is 5.10 Å². The highest BCUT2D eigenvalue weighted by molar-refractivity contribution is 4.98. The highest BCUT2D eigenvalue weighted by Gasteiger charge is 2.31. The molecule has 0 aromatic carbocycles. The lowest BCUT2D eigenvalue weighted by Gasteiger charge is -2.34. The zero-order valence-corrected chi connectivity index (χ0v) is 12.6. The largest absolute Gasteiger partial charge is 0.326 e. The minimum Gasteiger partial charge on any atom is -0.326 e. The molecule has 2 rings (SSSR count). The van der Waals surface area contributed by atoms with Gasteiger partial charge >= 0.3 is 0 Å². The summed E-state index contributed by atoms with van der Waals surface area (Å²) in [5.74, 6) is 2.88. The number of nitrogens with zero attached hydrogens (tertiary/aromatic N) is 3. The second-order valence-corrected chi connectivity index (χ2v) is 5.79. The average molecular weight is 264 g/mol. The molecule has 0 radical (unpaired) electrons. The van der Waals surface area contributed by atoms with E-state index in [4.69, 9.17) is 10.8 Å². The van der Waals surface area contributed by atoms with Crippen molar-refractivity contribution < 1.29 is 0 Å². The van der Waals surface area contributed by atoms with Crippen LogP contribution in [-0.2, 0) is 12.8 Å². The summed E-state index contributed by atoms with van der Waals surface area (Å²) in [4.78, 5) is 4.62. The van der Waals surface area contributed by atoms with Crippen molar-refractivity contribution in [3.05, 3.63) is 11.6 Å². The molecular weight excluding hydrogens is 236 g/mol. The first-order valence-corrected chi connectivity index (χ1v) is 7.89. The average Bonchev–Trinajstić information content (AvgIpc) is 2.84. The number of aryl methyl sites for hydroxylation is 2. The van der Waals surface area contributed by atoms with Crippen LogP contribution in [0.1, 0.15) is 70.6 Å². The van der Waals surface area contributed by atoms with Gasteiger partial charge in [-0.25, -0.2) is 9.67 Å². The van der Waals surface area contributed by atoms with E-state index < -0.39 is 0 Å². The van der Waals surface area contributed by atoms with Crippen LogP contribution in [0, 0.1) is 5.92 Å². The Bertz CT molecular complexity index is 399. The second kappa shape index (κ2) is 6.51. The lowest BCUT2D eigenvalue weighted by atomic mass is 9.80. The van der Waals surface area contributed by atoms with Crippen LogP contribution in [-0.4, -0.2) is 20.8 Å². The predicted octanol–water partition coefficient (Wildman–Crippen LogP) is 2.87. The van der Waals surface area contributed by atoms with E-state index in [0.717, 1.165) is 36.8 Å². The molecule has 108 valence electrons. The molecule has 0 saturated heterocycles. The highest BCUT2D eigenvalue weighted by Crippen LogP contribution is 2.34. The van der Waals surface area contributed by atoms with E-state index >= 15 is 0 Å². The van der Waals surface area contributed by atoms with Crippen molar-refractivity contribution in [3.63, 3.8) is 0 Å². The van der Waals surface area contributed by atoms with Gasteiger partial charge in [-0.05, 0) is 25.2 Å². The molecule has 0 aliphatic heterocycles. The van der Waals surface area contributed by atoms with Crippen molar-refractivity contribution in [1.82, 2.24) is 14.8 Å². The molecule has 19 heavy (non-hydrogen) atoms. The van der Waals surface area contributed by atoms with Gasteiger partial charge < -0.3 is 5.73 Å². The molecule has 0 amide bonds. The topological polar surface area (TPSA) is 56.7 Å². The van der Waals surface area contributed by atoms with Gasteiger partial charge in [0.1, 0.15) is 5.82 Å². The van der Waals surface area contributed by atoms with Crippen molar-refractivity contribution in [1.29, 1.82) is 0 Å². The first-order valence-electron chi connectivity index (χ1n) is 7.89. The Kier molecular flexibility index (Phi) is 4.97. The van der Waals surface area contributed by atoms with E-state index in [2.05, 4.69) is 30.4 Å². The first kappa shape index (κ1) is 14.5. The summed E-state index contributed by atoms with van der Waals surface area (Å²) in [5.41, 5.74) is 6.36. The molecule has 3 atom stereocenters. The third-order valence-electron chi connectivity index (χ3n) is 4.37. The maximum absolute atomic E-state index is 6.36. The van der Waals surface area contributed by atoms with Gasteiger partial charge in [0.2, 0.25) is 0 Å². The van der Waals surface area contributed by atoms with Crippen LogP contribution in [0.15, 0.2) is 0 Å². The summed E-state index contributed by atoms with van der Waals surface area (Å²) < 4.78 is 2.14. The Hall–Kier alpha value is -0.900. The molecule has 1 aliphatic rings. The summed E-state index contributed by atoms with van der Waals surface area (Å²) >= 11 is 0. The van der Waals surface area contributed by atoms with Gasteiger partial charge in [-0.1, -0.05) is 33.6 Å². The summed E-state index contributed by atoms with van der Waals surface area (Å²) in [5, 5.41) is 4.69. The molecule has 0 bridgehead atoms. The fourth-order valence-electron chi connectivity index (χ4n) is 3.27. The zero-order chi connectivity index (χ0) is 13.8. The van der Waals surface area contributed by atoms with E-state index in [9.17, 15) is 0 Å². The fourth-order valence-corrected chi connectivity index (χ4v) is 3.27. The fraction of sp³-hybridized carbons (Fsp3) is 0.867. The first-order chi connectivity index (χ1) is 9.19. The summed E-state index contributed by atoms with van der Waals surface area (Å²) in [6.45, 7) is 6.53. The summed E-state index contributed by atoms with van der Waals surface area (Å²) in [6.07, 6.45) is 8.01. The highest BCUT2D eigenvalue weighted by atomic mass is 15.4. The van der Waals surface area contributed by atoms with Crippen LogP contribution in [0.25, 0.3) is 0 Å². The van der Waals surface area contributed by atoms with Gasteiger partial charge in [0.25, 0.3) is 0 Å². The predicted molar refractivity (Wildman–Crippen MR) is 78.0 cm³/mol. The van der Waals surface area contributed by atoms with Crippen LogP contribution in [0.2, 0.25) is 0 Å². The lowest BCUT2D eigenvalue weighted by Crippen LogP contribution is -2.39. The van der Waals surface area contributed by atoms with Crippen LogP contribution in [0.4, 0.5) is 0 Å². The number of hydrogen-bond acceptors (Lipinski definition) is 3. The van der Waals surface area contributed by atoms with Gasteiger partial charge in [0.15, 0.2) is 5.82 Å². The molecule has 3 unspecified atom stereocenters. The molecule has 0 spiro atoms. The van der Waals surface area contributed by atoms with Crippen molar-refractivity contribution in [2.24, 2.45) is 11.7 Å². The van der Waals surface area contributed by atoms with Crippen LogP contribution < -0.4 is 5.73 Å². The van der Waals surface area contributed by atoms with E-state index in [-0.39, 0.29) is 6.04 Å². The van der Waals surface area contributed by atoms with Crippen LogP contribution in [0.5, 0.6) is 0 Å². The standard InChI is InChI=1S/C15H28N4/c1-4-7-11-8-9-12(16)13(10-11)19-15(6-3)17-14(5-2)18-19/h11-13H,4-10,16H2,1-3H3. The SMILES string of the molecule is CCCC1CCC(N)C(n2nc(CC)nc2CC)C1. The third kappa shape index (κ3) is 3.16. The van der Waals surface area contributed by atoms with Crippen molar-refractivity contribution >= 4 is 0 Å². The van der Waals surface area contributed by atoms with Crippen LogP contribution in [0.3, 0.4) is 0 Å². The Labute approximate surface area is 116 Å². The summed E-state index contributed by atoms with van der Waals surface area (Å²) in [6, 6.07) is 0.595. The minimum absolute atomic E-state index is 0.241. The smallest absolute Gasteiger partial charge is 0.150 e. The molecule has 1 heterocycles. The monoisotopic (exact) mass is 264 g/mol. The van der Waals surface area contributed by atoms with Crippen molar-refractivity contribution in [2.45, 2.75) is 77.8 Å². The van der Waals surface area contributed by atoms with Gasteiger partial charge in [0.05, 0.1) is 6.04 Å². The summed E-state index contributed by atoms with van der Waals surface area (Å²) in [7, 11) is 0. The third-order valence-corrected chi connectivity index (χ3v) is 4.37. The Morgan fingerprint density at radius 1 is 1.21 bits per heavy atom. The Morgan fingerprint density at radius 2 is 2.00 bits per heavy atom. The Morgan fingerprint density at radius 3 is 2.63 bits per heavy atom.